The Balaban J connectivity index is 0.00000264. The molecule has 0 aliphatic heterocycles. The minimum Gasteiger partial charge on any atom is -0.328 e. The average molecular weight is 384 g/mol. The van der Waals surface area contributed by atoms with Crippen LogP contribution < -0.4 is 15.2 Å². The van der Waals surface area contributed by atoms with Gasteiger partial charge in [0.1, 0.15) is 0 Å². The summed E-state index contributed by atoms with van der Waals surface area (Å²) in [4.78, 5) is 0.0787. The van der Waals surface area contributed by atoms with E-state index in [0.717, 1.165) is 12.8 Å². The lowest BCUT2D eigenvalue weighted by Crippen LogP contribution is -2.40. The van der Waals surface area contributed by atoms with Gasteiger partial charge in [0.15, 0.2) is 0 Å². The van der Waals surface area contributed by atoms with Crippen LogP contribution in [0.2, 0.25) is 0 Å². The molecule has 4 N–H and O–H groups in total. The topological polar surface area (TPSA) is 118 Å². The Kier molecular flexibility index (Phi) is 6.99. The van der Waals surface area contributed by atoms with E-state index in [9.17, 15) is 16.8 Å². The van der Waals surface area contributed by atoms with Gasteiger partial charge in [0.25, 0.3) is 0 Å². The van der Waals surface area contributed by atoms with Crippen LogP contribution in [0.3, 0.4) is 0 Å². The Morgan fingerprint density at radius 3 is 1.78 bits per heavy atom. The largest absolute Gasteiger partial charge is 0.328 e. The van der Waals surface area contributed by atoms with Crippen molar-refractivity contribution in [1.82, 2.24) is 9.44 Å². The van der Waals surface area contributed by atoms with Gasteiger partial charge >= 0.3 is 0 Å². The maximum atomic E-state index is 12.3. The van der Waals surface area contributed by atoms with Gasteiger partial charge in [-0.25, -0.2) is 26.3 Å². The summed E-state index contributed by atoms with van der Waals surface area (Å²) >= 11 is 0. The second-order valence-corrected chi connectivity index (χ2v) is 9.01. The molecule has 2 rings (SSSR count). The Morgan fingerprint density at radius 2 is 1.35 bits per heavy atom. The van der Waals surface area contributed by atoms with Gasteiger partial charge in [0.2, 0.25) is 20.0 Å². The maximum Gasteiger partial charge on any atom is 0.240 e. The van der Waals surface area contributed by atoms with Crippen LogP contribution in [0.5, 0.6) is 0 Å². The molecular formula is C13H22ClN3O4S2. The summed E-state index contributed by atoms with van der Waals surface area (Å²) in [5.74, 6) is 0. The fourth-order valence-corrected chi connectivity index (χ4v) is 4.48. The SMILES string of the molecule is CNS(=O)(=O)c1ccc(S(=O)(=O)NC2CCC(N)CC2)cc1.Cl. The number of nitrogens with one attached hydrogen (secondary N) is 2. The molecule has 0 aromatic heterocycles. The zero-order chi connectivity index (χ0) is 16.4. The molecule has 0 atom stereocenters. The molecule has 0 spiro atoms. The number of halogens is 1. The summed E-state index contributed by atoms with van der Waals surface area (Å²) < 4.78 is 52.7. The van der Waals surface area contributed by atoms with Gasteiger partial charge in [-0.15, -0.1) is 12.4 Å². The van der Waals surface area contributed by atoms with Crippen molar-refractivity contribution in [1.29, 1.82) is 0 Å². The standard InChI is InChI=1S/C13H21N3O4S2.ClH/c1-15-21(17,18)12-6-8-13(9-7-12)22(19,20)16-11-4-2-10(14)3-5-11;/h6-11,15-16H,2-5,14H2,1H3;1H. The molecule has 0 amide bonds. The molecule has 1 aliphatic rings. The first-order valence-corrected chi connectivity index (χ1v) is 10.0. The van der Waals surface area contributed by atoms with E-state index in [-0.39, 0.29) is 34.3 Å². The number of benzene rings is 1. The van der Waals surface area contributed by atoms with E-state index in [1.807, 2.05) is 0 Å². The first-order chi connectivity index (χ1) is 10.2. The number of nitrogens with two attached hydrogens (primary N) is 1. The molecule has 1 aromatic rings. The fraction of sp³-hybridized carbons (Fsp3) is 0.538. The minimum atomic E-state index is -3.65. The highest BCUT2D eigenvalue weighted by Gasteiger charge is 2.24. The van der Waals surface area contributed by atoms with Gasteiger partial charge in [-0.2, -0.15) is 0 Å². The third-order valence-corrected chi connectivity index (χ3v) is 6.77. The van der Waals surface area contributed by atoms with Crippen LogP contribution in [-0.4, -0.2) is 36.0 Å². The Labute approximate surface area is 143 Å². The van der Waals surface area contributed by atoms with Crippen LogP contribution in [0.25, 0.3) is 0 Å². The molecule has 0 unspecified atom stereocenters. The quantitative estimate of drug-likeness (QED) is 0.686. The van der Waals surface area contributed by atoms with E-state index in [2.05, 4.69) is 9.44 Å². The van der Waals surface area contributed by atoms with Crippen molar-refractivity contribution in [3.8, 4) is 0 Å². The first kappa shape index (κ1) is 20.3. The zero-order valence-corrected chi connectivity index (χ0v) is 15.2. The zero-order valence-electron chi connectivity index (χ0n) is 12.7. The van der Waals surface area contributed by atoms with Crippen LogP contribution in [-0.2, 0) is 20.0 Å². The van der Waals surface area contributed by atoms with E-state index >= 15 is 0 Å². The molecule has 1 aliphatic carbocycles. The summed E-state index contributed by atoms with van der Waals surface area (Å²) in [7, 11) is -5.92. The van der Waals surface area contributed by atoms with E-state index in [1.54, 1.807) is 0 Å². The molecule has 132 valence electrons. The van der Waals surface area contributed by atoms with Crippen molar-refractivity contribution in [2.24, 2.45) is 5.73 Å². The van der Waals surface area contributed by atoms with E-state index in [1.165, 1.54) is 31.3 Å². The second-order valence-electron chi connectivity index (χ2n) is 5.41. The van der Waals surface area contributed by atoms with Crippen molar-refractivity contribution in [2.75, 3.05) is 7.05 Å². The molecule has 0 bridgehead atoms. The molecule has 1 saturated carbocycles. The Morgan fingerprint density at radius 1 is 0.913 bits per heavy atom. The highest BCUT2D eigenvalue weighted by Crippen LogP contribution is 2.20. The van der Waals surface area contributed by atoms with Gasteiger partial charge < -0.3 is 5.73 Å². The lowest BCUT2D eigenvalue weighted by Gasteiger charge is -2.26. The van der Waals surface area contributed by atoms with Gasteiger partial charge in [0.05, 0.1) is 9.79 Å². The highest BCUT2D eigenvalue weighted by molar-refractivity contribution is 7.90. The summed E-state index contributed by atoms with van der Waals surface area (Å²) in [6.45, 7) is 0. The molecule has 0 radical (unpaired) electrons. The Bertz CT molecular complexity index is 712. The third kappa shape index (κ3) is 5.13. The molecule has 10 heteroatoms. The van der Waals surface area contributed by atoms with Gasteiger partial charge in [-0.1, -0.05) is 0 Å². The monoisotopic (exact) mass is 383 g/mol. The van der Waals surface area contributed by atoms with E-state index < -0.39 is 20.0 Å². The fourth-order valence-electron chi connectivity index (χ4n) is 2.44. The minimum absolute atomic E-state index is 0. The number of sulfonamides is 2. The average Bonchev–Trinajstić information content (AvgIpc) is 2.49. The lowest BCUT2D eigenvalue weighted by atomic mass is 9.93. The number of hydrogen-bond acceptors (Lipinski definition) is 5. The smallest absolute Gasteiger partial charge is 0.240 e. The van der Waals surface area contributed by atoms with Crippen molar-refractivity contribution < 1.29 is 16.8 Å². The van der Waals surface area contributed by atoms with Crippen LogP contribution in [0.15, 0.2) is 34.1 Å². The molecule has 0 heterocycles. The van der Waals surface area contributed by atoms with Crippen LogP contribution in [0, 0.1) is 0 Å². The van der Waals surface area contributed by atoms with Crippen molar-refractivity contribution in [3.05, 3.63) is 24.3 Å². The lowest BCUT2D eigenvalue weighted by molar-refractivity contribution is 0.373. The van der Waals surface area contributed by atoms with Crippen LogP contribution in [0.1, 0.15) is 25.7 Å². The van der Waals surface area contributed by atoms with Gasteiger partial charge in [-0.05, 0) is 57.0 Å². The van der Waals surface area contributed by atoms with E-state index in [0.29, 0.717) is 12.8 Å². The summed E-state index contributed by atoms with van der Waals surface area (Å²) in [6.07, 6.45) is 3.03. The van der Waals surface area contributed by atoms with Crippen molar-refractivity contribution >= 4 is 32.5 Å². The predicted octanol–water partition coefficient (Wildman–Crippen LogP) is 0.565. The highest BCUT2D eigenvalue weighted by atomic mass is 35.5. The normalized spacial score (nSPS) is 22.3. The first-order valence-electron chi connectivity index (χ1n) is 7.06. The summed E-state index contributed by atoms with van der Waals surface area (Å²) in [5.41, 5.74) is 5.80. The van der Waals surface area contributed by atoms with E-state index in [4.69, 9.17) is 5.73 Å². The third-order valence-electron chi connectivity index (χ3n) is 3.81. The maximum absolute atomic E-state index is 12.3. The molecule has 1 aromatic carbocycles. The number of hydrogen-bond donors (Lipinski definition) is 3. The molecular weight excluding hydrogens is 362 g/mol. The Hall–Kier alpha value is -0.710. The van der Waals surface area contributed by atoms with Gasteiger partial charge in [-0.3, -0.25) is 0 Å². The van der Waals surface area contributed by atoms with Gasteiger partial charge in [0, 0.05) is 12.1 Å². The van der Waals surface area contributed by atoms with Crippen molar-refractivity contribution in [3.63, 3.8) is 0 Å². The van der Waals surface area contributed by atoms with Crippen LogP contribution in [0.4, 0.5) is 0 Å². The molecule has 7 nitrogen and oxygen atoms in total. The molecule has 23 heavy (non-hydrogen) atoms. The molecule has 0 saturated heterocycles. The summed E-state index contributed by atoms with van der Waals surface area (Å²) in [6, 6.07) is 5.16. The predicted molar refractivity (Wildman–Crippen MR) is 90.5 cm³/mol. The molecule has 1 fully saturated rings. The summed E-state index contributed by atoms with van der Waals surface area (Å²) in [5, 5.41) is 0. The van der Waals surface area contributed by atoms with Crippen LogP contribution >= 0.6 is 12.4 Å². The second kappa shape index (κ2) is 7.91. The van der Waals surface area contributed by atoms with Crippen molar-refractivity contribution in [2.45, 2.75) is 47.6 Å². The number of rotatable bonds is 5.